The highest BCUT2D eigenvalue weighted by atomic mass is 16.5. The zero-order valence-electron chi connectivity index (χ0n) is 15.5. The lowest BCUT2D eigenvalue weighted by Crippen LogP contribution is -2.60. The van der Waals surface area contributed by atoms with E-state index in [1.54, 1.807) is 13.4 Å². The molecule has 7 nitrogen and oxygen atoms in total. The molecule has 2 unspecified atom stereocenters. The molecule has 2 aliphatic rings. The molecule has 0 amide bonds. The van der Waals surface area contributed by atoms with Gasteiger partial charge in [0.2, 0.25) is 0 Å². The number of hydrogen-bond acceptors (Lipinski definition) is 6. The Morgan fingerprint density at radius 2 is 2.11 bits per heavy atom. The first-order chi connectivity index (χ1) is 13.2. The van der Waals surface area contributed by atoms with Gasteiger partial charge in [-0.3, -0.25) is 4.90 Å². The molecule has 0 radical (unpaired) electrons. The number of hydrogen-bond donors (Lipinski definition) is 2. The van der Waals surface area contributed by atoms with Crippen LogP contribution in [-0.4, -0.2) is 58.8 Å². The fourth-order valence-electron chi connectivity index (χ4n) is 4.06. The third-order valence-electron chi connectivity index (χ3n) is 5.58. The first-order valence-corrected chi connectivity index (χ1v) is 9.28. The van der Waals surface area contributed by atoms with Gasteiger partial charge >= 0.3 is 0 Å². The molecule has 0 spiro atoms. The van der Waals surface area contributed by atoms with E-state index in [0.717, 1.165) is 46.9 Å². The van der Waals surface area contributed by atoms with E-state index in [1.165, 1.54) is 0 Å². The van der Waals surface area contributed by atoms with Crippen LogP contribution in [0.15, 0.2) is 36.7 Å². The summed E-state index contributed by atoms with van der Waals surface area (Å²) >= 11 is 0. The highest BCUT2D eigenvalue weighted by Crippen LogP contribution is 2.38. The van der Waals surface area contributed by atoms with E-state index in [-0.39, 0.29) is 12.1 Å². The van der Waals surface area contributed by atoms with Crippen LogP contribution in [0.3, 0.4) is 0 Å². The van der Waals surface area contributed by atoms with Gasteiger partial charge in [0.15, 0.2) is 0 Å². The number of likely N-dealkylation sites (tertiary alicyclic amines) is 1. The average Bonchev–Trinajstić information content (AvgIpc) is 3.03. The molecular weight excluding hydrogens is 342 g/mol. The molecule has 2 N–H and O–H groups in total. The molecule has 0 saturated carbocycles. The molecule has 1 fully saturated rings. The Balaban J connectivity index is 1.51. The number of nitrogens with one attached hydrogen (secondary N) is 2. The zero-order valence-corrected chi connectivity index (χ0v) is 15.5. The predicted octanol–water partition coefficient (Wildman–Crippen LogP) is 2.51. The van der Waals surface area contributed by atoms with Crippen molar-refractivity contribution in [1.29, 1.82) is 0 Å². The molecule has 1 saturated heterocycles. The van der Waals surface area contributed by atoms with Crippen molar-refractivity contribution in [2.24, 2.45) is 0 Å². The minimum absolute atomic E-state index is 0.0843. The van der Waals surface area contributed by atoms with E-state index in [4.69, 9.17) is 9.47 Å². The Bertz CT molecular complexity index is 966. The number of rotatable bonds is 4. The van der Waals surface area contributed by atoms with E-state index >= 15 is 0 Å². The van der Waals surface area contributed by atoms with Crippen LogP contribution in [0.4, 0.5) is 5.82 Å². The van der Waals surface area contributed by atoms with Gasteiger partial charge in [-0.25, -0.2) is 9.97 Å². The molecule has 0 aliphatic carbocycles. The number of H-pyrrole nitrogens is 1. The van der Waals surface area contributed by atoms with Gasteiger partial charge < -0.3 is 19.8 Å². The minimum Gasteiger partial charge on any atom is -0.491 e. The maximum atomic E-state index is 6.06. The number of fused-ring (bicyclic) bond motifs is 2. The molecular formula is C20H23N5O2. The largest absolute Gasteiger partial charge is 0.491 e. The number of nitrogens with zero attached hydrogens (tertiary/aromatic N) is 3. The van der Waals surface area contributed by atoms with Crippen molar-refractivity contribution in [3.05, 3.63) is 47.9 Å². The second-order valence-electron chi connectivity index (χ2n) is 7.29. The third kappa shape index (κ3) is 2.83. The molecule has 27 heavy (non-hydrogen) atoms. The Kier molecular flexibility index (Phi) is 3.98. The molecule has 3 aromatic rings. The molecule has 2 atom stereocenters. The molecule has 140 valence electrons. The Morgan fingerprint density at radius 1 is 1.26 bits per heavy atom. The normalized spacial score (nSPS) is 22.9. The fraction of sp³-hybridized carbons (Fsp3) is 0.400. The number of aromatic nitrogens is 3. The van der Waals surface area contributed by atoms with Crippen LogP contribution in [0, 0.1) is 6.92 Å². The topological polar surface area (TPSA) is 75.3 Å². The summed E-state index contributed by atoms with van der Waals surface area (Å²) in [6.45, 7) is 4.52. The molecule has 2 aliphatic heterocycles. The van der Waals surface area contributed by atoms with Crippen molar-refractivity contribution < 1.29 is 9.47 Å². The summed E-state index contributed by atoms with van der Waals surface area (Å²) in [6.07, 6.45) is 1.91. The molecule has 7 heteroatoms. The summed E-state index contributed by atoms with van der Waals surface area (Å²) in [5.41, 5.74) is 3.09. The molecule has 2 aromatic heterocycles. The Hall–Kier alpha value is -2.64. The number of benzene rings is 1. The van der Waals surface area contributed by atoms with E-state index in [1.807, 2.05) is 19.1 Å². The summed E-state index contributed by atoms with van der Waals surface area (Å²) in [6, 6.07) is 10.6. The van der Waals surface area contributed by atoms with Crippen molar-refractivity contribution in [2.75, 3.05) is 32.1 Å². The standard InChI is InChI=1S/C20H23N5O2/c1-12-7-15-19(23-12)21-11-22-20(15)24-18-14-5-3-4-6-17(14)27-10-16(18)25-8-13(9-25)26-2/h3-7,11,13,16,18H,8-10H2,1-2H3,(H2,21,22,23,24). The van der Waals surface area contributed by atoms with Crippen molar-refractivity contribution in [2.45, 2.75) is 25.1 Å². The number of aryl methyl sites for hydroxylation is 1. The van der Waals surface area contributed by atoms with Gasteiger partial charge in [-0.2, -0.15) is 0 Å². The zero-order chi connectivity index (χ0) is 18.4. The fourth-order valence-corrected chi connectivity index (χ4v) is 4.06. The predicted molar refractivity (Wildman–Crippen MR) is 103 cm³/mol. The van der Waals surface area contributed by atoms with Crippen molar-refractivity contribution in [3.63, 3.8) is 0 Å². The van der Waals surface area contributed by atoms with Crippen LogP contribution in [0.5, 0.6) is 5.75 Å². The second-order valence-corrected chi connectivity index (χ2v) is 7.29. The molecule has 1 aromatic carbocycles. The second kappa shape index (κ2) is 6.51. The van der Waals surface area contributed by atoms with E-state index in [2.05, 4.69) is 43.4 Å². The third-order valence-corrected chi connectivity index (χ3v) is 5.58. The minimum atomic E-state index is 0.0843. The lowest BCUT2D eigenvalue weighted by molar-refractivity contribution is -0.0654. The number of anilines is 1. The highest BCUT2D eigenvalue weighted by molar-refractivity contribution is 5.87. The number of ether oxygens (including phenoxy) is 2. The summed E-state index contributed by atoms with van der Waals surface area (Å²) in [5.74, 6) is 1.78. The van der Waals surface area contributed by atoms with Gasteiger partial charge in [0.25, 0.3) is 0 Å². The van der Waals surface area contributed by atoms with Crippen molar-refractivity contribution >= 4 is 16.9 Å². The number of aromatic amines is 1. The van der Waals surface area contributed by atoms with Crippen molar-refractivity contribution in [3.8, 4) is 5.75 Å². The lowest BCUT2D eigenvalue weighted by atomic mass is 9.92. The van der Waals surface area contributed by atoms with Gasteiger partial charge in [0.1, 0.15) is 30.1 Å². The monoisotopic (exact) mass is 365 g/mol. The van der Waals surface area contributed by atoms with E-state index < -0.39 is 0 Å². The Morgan fingerprint density at radius 3 is 2.96 bits per heavy atom. The molecule has 0 bridgehead atoms. The smallest absolute Gasteiger partial charge is 0.143 e. The van der Waals surface area contributed by atoms with Crippen LogP contribution < -0.4 is 10.1 Å². The molecule has 4 heterocycles. The van der Waals surface area contributed by atoms with Crippen LogP contribution in [0.25, 0.3) is 11.0 Å². The summed E-state index contributed by atoms with van der Waals surface area (Å²) < 4.78 is 11.5. The lowest BCUT2D eigenvalue weighted by Gasteiger charge is -2.48. The SMILES string of the molecule is COC1CN(C2COc3ccccc3C2Nc2ncnc3[nH]c(C)cc23)C1. The van der Waals surface area contributed by atoms with Gasteiger partial charge in [-0.05, 0) is 19.1 Å². The quantitative estimate of drug-likeness (QED) is 0.740. The summed E-state index contributed by atoms with van der Waals surface area (Å²) in [4.78, 5) is 14.6. The van der Waals surface area contributed by atoms with Gasteiger partial charge in [0.05, 0.1) is 23.6 Å². The van der Waals surface area contributed by atoms with Crippen molar-refractivity contribution in [1.82, 2.24) is 19.9 Å². The Labute approximate surface area is 157 Å². The van der Waals surface area contributed by atoms with Gasteiger partial charge in [-0.1, -0.05) is 18.2 Å². The summed E-state index contributed by atoms with van der Waals surface area (Å²) in [7, 11) is 1.77. The van der Waals surface area contributed by atoms with Crippen LogP contribution in [0.1, 0.15) is 17.3 Å². The highest BCUT2D eigenvalue weighted by Gasteiger charge is 2.41. The van der Waals surface area contributed by atoms with Crippen LogP contribution in [0.2, 0.25) is 0 Å². The summed E-state index contributed by atoms with van der Waals surface area (Å²) in [5, 5.41) is 4.70. The first kappa shape index (κ1) is 16.5. The van der Waals surface area contributed by atoms with Crippen LogP contribution >= 0.6 is 0 Å². The van der Waals surface area contributed by atoms with Gasteiger partial charge in [-0.15, -0.1) is 0 Å². The number of para-hydroxylation sites is 1. The van der Waals surface area contributed by atoms with Gasteiger partial charge in [0, 0.05) is 31.5 Å². The van der Waals surface area contributed by atoms with E-state index in [9.17, 15) is 0 Å². The maximum absolute atomic E-state index is 6.06. The first-order valence-electron chi connectivity index (χ1n) is 9.28. The maximum Gasteiger partial charge on any atom is 0.143 e. The number of methoxy groups -OCH3 is 1. The average molecular weight is 365 g/mol. The van der Waals surface area contributed by atoms with Crippen LogP contribution in [-0.2, 0) is 4.74 Å². The molecule has 5 rings (SSSR count). The van der Waals surface area contributed by atoms with E-state index in [0.29, 0.717) is 12.7 Å².